The second-order valence-corrected chi connectivity index (χ2v) is 8.20. The zero-order chi connectivity index (χ0) is 18.6. The highest BCUT2D eigenvalue weighted by molar-refractivity contribution is 7.07. The molecule has 4 rings (SSSR count). The average Bonchev–Trinajstić information content (AvgIpc) is 3.20. The monoisotopic (exact) mass is 381 g/mol. The van der Waals surface area contributed by atoms with Crippen molar-refractivity contribution in [2.24, 2.45) is 0 Å². The van der Waals surface area contributed by atoms with Crippen LogP contribution in [0.1, 0.15) is 36.8 Å². The molecule has 0 bridgehead atoms. The first-order chi connectivity index (χ1) is 13.2. The molecule has 1 aliphatic rings. The fourth-order valence-electron chi connectivity index (χ4n) is 3.95. The maximum absolute atomic E-state index is 5.34. The molecule has 2 atom stereocenters. The number of anilines is 1. The van der Waals surface area contributed by atoms with Crippen molar-refractivity contribution in [2.45, 2.75) is 51.2 Å². The van der Waals surface area contributed by atoms with Gasteiger partial charge >= 0.3 is 0 Å². The number of benzene rings is 1. The summed E-state index contributed by atoms with van der Waals surface area (Å²) in [6, 6.07) is 11.5. The predicted octanol–water partition coefficient (Wildman–Crippen LogP) is 5.13. The first-order valence-corrected chi connectivity index (χ1v) is 10.6. The van der Waals surface area contributed by atoms with Crippen molar-refractivity contribution in [3.8, 4) is 5.75 Å². The minimum atomic E-state index is 0.473. The van der Waals surface area contributed by atoms with E-state index in [0.717, 1.165) is 35.4 Å². The van der Waals surface area contributed by atoms with Crippen LogP contribution in [0.25, 0.3) is 10.9 Å². The normalized spacial score (nSPS) is 19.9. The van der Waals surface area contributed by atoms with Gasteiger partial charge in [0.25, 0.3) is 0 Å². The van der Waals surface area contributed by atoms with Crippen molar-refractivity contribution in [2.75, 3.05) is 12.4 Å². The Kier molecular flexibility index (Phi) is 5.60. The van der Waals surface area contributed by atoms with E-state index in [1.54, 1.807) is 18.4 Å². The van der Waals surface area contributed by atoms with E-state index in [1.807, 2.05) is 12.1 Å². The van der Waals surface area contributed by atoms with Crippen molar-refractivity contribution in [1.29, 1.82) is 0 Å². The predicted molar refractivity (Wildman–Crippen MR) is 114 cm³/mol. The van der Waals surface area contributed by atoms with Gasteiger partial charge in [0.1, 0.15) is 11.6 Å². The number of pyridine rings is 1. The summed E-state index contributed by atoms with van der Waals surface area (Å²) in [5.41, 5.74) is 3.63. The standard InChI is InChI=1S/C22H27N3OS/c1-15-10-22(25-21-7-6-19(26-2)12-20(15)21)24-18-5-3-4-17(11-18)23-13-16-8-9-27-14-16/h6-10,12,14,17-18,23H,3-5,11,13H2,1-2H3,(H,24,25)/t17-,18-/m1/s1. The molecular formula is C22H27N3OS. The molecule has 1 aliphatic carbocycles. The number of rotatable bonds is 6. The molecule has 2 N–H and O–H groups in total. The molecule has 1 aromatic carbocycles. The van der Waals surface area contributed by atoms with Crippen molar-refractivity contribution in [3.63, 3.8) is 0 Å². The number of hydrogen-bond acceptors (Lipinski definition) is 5. The SMILES string of the molecule is COc1ccc2nc(N[C@@H]3CCC[C@@H](NCc4ccsc4)C3)cc(C)c2c1. The van der Waals surface area contributed by atoms with E-state index in [0.29, 0.717) is 12.1 Å². The van der Waals surface area contributed by atoms with Gasteiger partial charge in [-0.15, -0.1) is 0 Å². The zero-order valence-corrected chi connectivity index (χ0v) is 16.8. The summed E-state index contributed by atoms with van der Waals surface area (Å²) in [5, 5.41) is 12.9. The van der Waals surface area contributed by atoms with Crippen LogP contribution in [0.4, 0.5) is 5.82 Å². The van der Waals surface area contributed by atoms with Crippen LogP contribution >= 0.6 is 11.3 Å². The van der Waals surface area contributed by atoms with E-state index < -0.39 is 0 Å². The number of fused-ring (bicyclic) bond motifs is 1. The van der Waals surface area contributed by atoms with Gasteiger partial charge in [-0.25, -0.2) is 4.98 Å². The number of aromatic nitrogens is 1. The van der Waals surface area contributed by atoms with Crippen LogP contribution < -0.4 is 15.4 Å². The summed E-state index contributed by atoms with van der Waals surface area (Å²) >= 11 is 1.76. The Labute approximate surface area is 165 Å². The number of nitrogens with one attached hydrogen (secondary N) is 2. The molecule has 0 spiro atoms. The average molecular weight is 382 g/mol. The number of hydrogen-bond donors (Lipinski definition) is 2. The van der Waals surface area contributed by atoms with Gasteiger partial charge in [0.2, 0.25) is 0 Å². The molecule has 0 saturated heterocycles. The molecule has 0 unspecified atom stereocenters. The molecule has 142 valence electrons. The molecule has 0 aliphatic heterocycles. The Balaban J connectivity index is 1.42. The largest absolute Gasteiger partial charge is 0.497 e. The molecule has 1 fully saturated rings. The van der Waals surface area contributed by atoms with Gasteiger partial charge in [-0.1, -0.05) is 0 Å². The molecule has 0 amide bonds. The molecule has 27 heavy (non-hydrogen) atoms. The highest BCUT2D eigenvalue weighted by Crippen LogP contribution is 2.27. The molecule has 2 aromatic heterocycles. The van der Waals surface area contributed by atoms with Crippen LogP contribution in [0, 0.1) is 6.92 Å². The Morgan fingerprint density at radius 1 is 1.19 bits per heavy atom. The van der Waals surface area contributed by atoms with E-state index >= 15 is 0 Å². The molecule has 4 nitrogen and oxygen atoms in total. The van der Waals surface area contributed by atoms with Gasteiger partial charge in [0.15, 0.2) is 0 Å². The van der Waals surface area contributed by atoms with Gasteiger partial charge in [-0.2, -0.15) is 11.3 Å². The van der Waals surface area contributed by atoms with Crippen LogP contribution in [-0.4, -0.2) is 24.2 Å². The summed E-state index contributed by atoms with van der Waals surface area (Å²) in [6.45, 7) is 3.11. The third kappa shape index (κ3) is 4.42. The lowest BCUT2D eigenvalue weighted by molar-refractivity contribution is 0.350. The summed E-state index contributed by atoms with van der Waals surface area (Å²) in [7, 11) is 1.70. The van der Waals surface area contributed by atoms with Crippen LogP contribution in [-0.2, 0) is 6.54 Å². The maximum atomic E-state index is 5.34. The minimum absolute atomic E-state index is 0.473. The summed E-state index contributed by atoms with van der Waals surface area (Å²) in [5.74, 6) is 1.86. The van der Waals surface area contributed by atoms with E-state index in [2.05, 4.69) is 46.5 Å². The second-order valence-electron chi connectivity index (χ2n) is 7.42. The Hall–Kier alpha value is -2.11. The maximum Gasteiger partial charge on any atom is 0.127 e. The summed E-state index contributed by atoms with van der Waals surface area (Å²) < 4.78 is 5.34. The van der Waals surface area contributed by atoms with Gasteiger partial charge in [-0.05, 0) is 84.8 Å². The third-order valence-corrected chi connectivity index (χ3v) is 6.16. The minimum Gasteiger partial charge on any atom is -0.497 e. The van der Waals surface area contributed by atoms with Crippen molar-refractivity contribution in [3.05, 3.63) is 52.2 Å². The van der Waals surface area contributed by atoms with Crippen molar-refractivity contribution < 1.29 is 4.74 Å². The molecule has 2 heterocycles. The van der Waals surface area contributed by atoms with Crippen LogP contribution in [0.3, 0.4) is 0 Å². The van der Waals surface area contributed by atoms with Gasteiger partial charge in [-0.3, -0.25) is 0 Å². The molecule has 5 heteroatoms. The van der Waals surface area contributed by atoms with E-state index in [1.165, 1.54) is 30.4 Å². The van der Waals surface area contributed by atoms with Gasteiger partial charge in [0, 0.05) is 24.0 Å². The van der Waals surface area contributed by atoms with Gasteiger partial charge in [0.05, 0.1) is 12.6 Å². The summed E-state index contributed by atoms with van der Waals surface area (Å²) in [4.78, 5) is 4.83. The topological polar surface area (TPSA) is 46.2 Å². The fourth-order valence-corrected chi connectivity index (χ4v) is 4.61. The van der Waals surface area contributed by atoms with Crippen LogP contribution in [0.5, 0.6) is 5.75 Å². The lowest BCUT2D eigenvalue weighted by atomic mass is 9.91. The van der Waals surface area contributed by atoms with Crippen molar-refractivity contribution >= 4 is 28.1 Å². The lowest BCUT2D eigenvalue weighted by Gasteiger charge is -2.31. The highest BCUT2D eigenvalue weighted by atomic mass is 32.1. The Bertz CT molecular complexity index is 894. The first kappa shape index (κ1) is 18.3. The van der Waals surface area contributed by atoms with Gasteiger partial charge < -0.3 is 15.4 Å². The molecule has 1 saturated carbocycles. The number of nitrogens with zero attached hydrogens (tertiary/aromatic N) is 1. The number of thiophene rings is 1. The summed E-state index contributed by atoms with van der Waals surface area (Å²) in [6.07, 6.45) is 4.86. The zero-order valence-electron chi connectivity index (χ0n) is 16.0. The Morgan fingerprint density at radius 2 is 2.07 bits per heavy atom. The molecule has 3 aromatic rings. The molecule has 0 radical (unpaired) electrons. The quantitative estimate of drug-likeness (QED) is 0.622. The Morgan fingerprint density at radius 3 is 2.89 bits per heavy atom. The number of ether oxygens (including phenoxy) is 1. The van der Waals surface area contributed by atoms with E-state index in [9.17, 15) is 0 Å². The van der Waals surface area contributed by atoms with Crippen LogP contribution in [0.2, 0.25) is 0 Å². The van der Waals surface area contributed by atoms with Crippen molar-refractivity contribution in [1.82, 2.24) is 10.3 Å². The fraction of sp³-hybridized carbons (Fsp3) is 0.409. The third-order valence-electron chi connectivity index (χ3n) is 5.42. The van der Waals surface area contributed by atoms with E-state index in [-0.39, 0.29) is 0 Å². The first-order valence-electron chi connectivity index (χ1n) is 9.67. The number of methoxy groups -OCH3 is 1. The van der Waals surface area contributed by atoms with Crippen LogP contribution in [0.15, 0.2) is 41.1 Å². The number of aryl methyl sites for hydroxylation is 1. The highest BCUT2D eigenvalue weighted by Gasteiger charge is 2.22. The smallest absolute Gasteiger partial charge is 0.127 e. The second kappa shape index (κ2) is 8.28. The molecular weight excluding hydrogens is 354 g/mol. The lowest BCUT2D eigenvalue weighted by Crippen LogP contribution is -2.38. The van der Waals surface area contributed by atoms with E-state index in [4.69, 9.17) is 9.72 Å².